The number of hydrogen-bond donors (Lipinski definition) is 0. The Morgan fingerprint density at radius 2 is 2.07 bits per heavy atom. The van der Waals surface area contributed by atoms with E-state index in [0.717, 1.165) is 6.07 Å². The second kappa shape index (κ2) is 4.55. The van der Waals surface area contributed by atoms with Crippen LogP contribution in [0, 0.1) is 5.82 Å². The highest BCUT2D eigenvalue weighted by Gasteiger charge is 2.16. The smallest absolute Gasteiger partial charge is 0.236 e. The van der Waals surface area contributed by atoms with Crippen LogP contribution in [-0.2, 0) is 14.8 Å². The molecule has 0 amide bonds. The van der Waals surface area contributed by atoms with Crippen molar-refractivity contribution in [3.63, 3.8) is 0 Å². The van der Waals surface area contributed by atoms with Gasteiger partial charge in [-0.3, -0.25) is 0 Å². The lowest BCUT2D eigenvalue weighted by Crippen LogP contribution is -2.00. The summed E-state index contributed by atoms with van der Waals surface area (Å²) in [5.41, 5.74) is 0.221. The molecule has 15 heavy (non-hydrogen) atoms. The number of methoxy groups -OCH3 is 1. The Kier molecular flexibility index (Phi) is 3.81. The molecule has 1 rings (SSSR count). The monoisotopic (exact) mass is 272 g/mol. The molecular weight excluding hydrogens is 266 g/mol. The molecule has 0 heterocycles. The van der Waals surface area contributed by atoms with Gasteiger partial charge in [0.2, 0.25) is 9.05 Å². The molecule has 0 aliphatic rings. The van der Waals surface area contributed by atoms with Gasteiger partial charge in [-0.2, -0.15) is 0 Å². The van der Waals surface area contributed by atoms with E-state index >= 15 is 0 Å². The third-order valence-corrected chi connectivity index (χ3v) is 3.00. The van der Waals surface area contributed by atoms with Crippen molar-refractivity contribution in [1.82, 2.24) is 0 Å². The van der Waals surface area contributed by atoms with Crippen LogP contribution in [-0.4, -0.2) is 15.5 Å². The number of halogens is 3. The van der Waals surface area contributed by atoms with Crippen molar-refractivity contribution in [2.24, 2.45) is 0 Å². The van der Waals surface area contributed by atoms with E-state index in [0.29, 0.717) is 0 Å². The third-order valence-electron chi connectivity index (χ3n) is 1.66. The summed E-state index contributed by atoms with van der Waals surface area (Å²) in [5.74, 6) is -1.15. The molecule has 0 aliphatic heterocycles. The van der Waals surface area contributed by atoms with Gasteiger partial charge in [-0.05, 0) is 6.07 Å². The minimum atomic E-state index is -3.73. The zero-order chi connectivity index (χ0) is 11.6. The van der Waals surface area contributed by atoms with Crippen LogP contribution in [0.5, 0.6) is 5.75 Å². The fourth-order valence-electron chi connectivity index (χ4n) is 1.09. The molecular formula is C8H7Cl2FO3S. The van der Waals surface area contributed by atoms with E-state index in [9.17, 15) is 12.8 Å². The maximum Gasteiger partial charge on any atom is 0.236 e. The molecule has 0 bridgehead atoms. The summed E-state index contributed by atoms with van der Waals surface area (Å²) >= 11 is 5.59. The second-order valence-electron chi connectivity index (χ2n) is 2.74. The molecule has 0 aromatic heterocycles. The molecule has 0 N–H and O–H groups in total. The molecule has 1 aromatic carbocycles. The number of benzene rings is 1. The molecule has 0 radical (unpaired) electrons. The van der Waals surface area contributed by atoms with E-state index in [1.54, 1.807) is 0 Å². The molecule has 84 valence electrons. The van der Waals surface area contributed by atoms with Gasteiger partial charge in [0.05, 0.1) is 12.9 Å². The summed E-state index contributed by atoms with van der Waals surface area (Å²) in [6.07, 6.45) is 0. The van der Waals surface area contributed by atoms with E-state index in [1.807, 2.05) is 0 Å². The van der Waals surface area contributed by atoms with Crippen LogP contribution >= 0.6 is 22.3 Å². The summed E-state index contributed by atoms with van der Waals surface area (Å²) in [7, 11) is 2.61. The zero-order valence-corrected chi connectivity index (χ0v) is 9.96. The molecule has 3 nitrogen and oxygen atoms in total. The van der Waals surface area contributed by atoms with Gasteiger partial charge >= 0.3 is 0 Å². The molecule has 1 aromatic rings. The molecule has 0 saturated carbocycles. The second-order valence-corrected chi connectivity index (χ2v) is 5.89. The topological polar surface area (TPSA) is 43.4 Å². The summed E-state index contributed by atoms with van der Waals surface area (Å²) < 4.78 is 39.5. The van der Waals surface area contributed by atoms with E-state index in [4.69, 9.17) is 27.0 Å². The van der Waals surface area contributed by atoms with Gasteiger partial charge in [-0.1, -0.05) is 17.7 Å². The van der Waals surface area contributed by atoms with Crippen molar-refractivity contribution in [3.8, 4) is 5.75 Å². The molecule has 0 saturated heterocycles. The standard InChI is InChI=1S/C8H7Cl2FO3S/c1-14-8-5(4-15(10,12)13)2-3-6(11)7(8)9/h2-3H,4H2,1H3. The van der Waals surface area contributed by atoms with Crippen LogP contribution in [0.2, 0.25) is 5.02 Å². The van der Waals surface area contributed by atoms with Crippen molar-refractivity contribution < 1.29 is 17.5 Å². The predicted molar refractivity (Wildman–Crippen MR) is 56.4 cm³/mol. The molecule has 0 fully saturated rings. The van der Waals surface area contributed by atoms with Crippen LogP contribution in [0.3, 0.4) is 0 Å². The summed E-state index contributed by atoms with van der Waals surface area (Å²) in [5, 5.41) is -0.254. The summed E-state index contributed by atoms with van der Waals surface area (Å²) in [6, 6.07) is 2.32. The first-order chi connectivity index (χ1) is 6.85. The fourth-order valence-corrected chi connectivity index (χ4v) is 2.31. The van der Waals surface area contributed by atoms with Gasteiger partial charge < -0.3 is 4.74 Å². The van der Waals surface area contributed by atoms with E-state index in [2.05, 4.69) is 0 Å². The molecule has 0 unspecified atom stereocenters. The lowest BCUT2D eigenvalue weighted by molar-refractivity contribution is 0.408. The highest BCUT2D eigenvalue weighted by Crippen LogP contribution is 2.32. The van der Waals surface area contributed by atoms with E-state index < -0.39 is 20.6 Å². The largest absolute Gasteiger partial charge is 0.495 e. The Labute approximate surface area is 96.2 Å². The van der Waals surface area contributed by atoms with Crippen molar-refractivity contribution >= 4 is 31.3 Å². The quantitative estimate of drug-likeness (QED) is 0.795. The Hall–Kier alpha value is -0.520. The van der Waals surface area contributed by atoms with E-state index in [-0.39, 0.29) is 16.3 Å². The molecule has 7 heteroatoms. The van der Waals surface area contributed by atoms with Crippen LogP contribution in [0.15, 0.2) is 12.1 Å². The van der Waals surface area contributed by atoms with Gasteiger partial charge in [0.25, 0.3) is 0 Å². The SMILES string of the molecule is COc1c(CS(=O)(=O)Cl)ccc(F)c1Cl. The summed E-state index contributed by atoms with van der Waals surface area (Å²) in [4.78, 5) is 0. The van der Waals surface area contributed by atoms with Crippen LogP contribution < -0.4 is 4.74 Å². The first kappa shape index (κ1) is 12.5. The van der Waals surface area contributed by atoms with Gasteiger partial charge in [0.1, 0.15) is 16.6 Å². The van der Waals surface area contributed by atoms with Crippen molar-refractivity contribution in [2.45, 2.75) is 5.75 Å². The lowest BCUT2D eigenvalue weighted by Gasteiger charge is -2.09. The first-order valence-electron chi connectivity index (χ1n) is 3.78. The average Bonchev–Trinajstić information content (AvgIpc) is 2.10. The maximum atomic E-state index is 13.0. The van der Waals surface area contributed by atoms with Crippen molar-refractivity contribution in [2.75, 3.05) is 7.11 Å². The highest BCUT2D eigenvalue weighted by atomic mass is 35.7. The minimum Gasteiger partial charge on any atom is -0.495 e. The van der Waals surface area contributed by atoms with Gasteiger partial charge in [-0.25, -0.2) is 12.8 Å². The van der Waals surface area contributed by atoms with E-state index in [1.165, 1.54) is 13.2 Å². The number of hydrogen-bond acceptors (Lipinski definition) is 3. The van der Waals surface area contributed by atoms with Crippen molar-refractivity contribution in [1.29, 1.82) is 0 Å². The van der Waals surface area contributed by atoms with Crippen molar-refractivity contribution in [3.05, 3.63) is 28.5 Å². The summed E-state index contributed by atoms with van der Waals surface area (Å²) in [6.45, 7) is 0. The Balaban J connectivity index is 3.25. The first-order valence-corrected chi connectivity index (χ1v) is 6.64. The Morgan fingerprint density at radius 3 is 2.53 bits per heavy atom. The lowest BCUT2D eigenvalue weighted by atomic mass is 10.2. The Morgan fingerprint density at radius 1 is 1.47 bits per heavy atom. The molecule has 0 spiro atoms. The van der Waals surface area contributed by atoms with Gasteiger partial charge in [-0.15, -0.1) is 0 Å². The van der Waals surface area contributed by atoms with Crippen LogP contribution in [0.1, 0.15) is 5.56 Å². The van der Waals surface area contributed by atoms with Crippen LogP contribution in [0.25, 0.3) is 0 Å². The predicted octanol–water partition coefficient (Wildman–Crippen LogP) is 2.56. The highest BCUT2D eigenvalue weighted by molar-refractivity contribution is 8.13. The maximum absolute atomic E-state index is 13.0. The number of ether oxygens (including phenoxy) is 1. The van der Waals surface area contributed by atoms with Gasteiger partial charge in [0.15, 0.2) is 0 Å². The fraction of sp³-hybridized carbons (Fsp3) is 0.250. The molecule has 0 aliphatic carbocycles. The normalized spacial score (nSPS) is 11.5. The van der Waals surface area contributed by atoms with Gasteiger partial charge in [0, 0.05) is 16.2 Å². The minimum absolute atomic E-state index is 0.0131. The third kappa shape index (κ3) is 3.22. The number of rotatable bonds is 3. The van der Waals surface area contributed by atoms with Crippen LogP contribution in [0.4, 0.5) is 4.39 Å². The zero-order valence-electron chi connectivity index (χ0n) is 7.63. The Bertz CT molecular complexity index is 473. The molecule has 0 atom stereocenters. The average molecular weight is 273 g/mol.